The number of hydrogen-bond acceptors (Lipinski definition) is 6. The predicted molar refractivity (Wildman–Crippen MR) is 107 cm³/mol. The predicted octanol–water partition coefficient (Wildman–Crippen LogP) is 3.64. The van der Waals surface area contributed by atoms with E-state index in [2.05, 4.69) is 24.3 Å². The lowest BCUT2D eigenvalue weighted by Gasteiger charge is -2.33. The van der Waals surface area contributed by atoms with Crippen LogP contribution in [0.2, 0.25) is 0 Å². The summed E-state index contributed by atoms with van der Waals surface area (Å²) in [6, 6.07) is 15.7. The topological polar surface area (TPSA) is 93.7 Å². The Labute approximate surface area is 167 Å². The number of phenolic OH excluding ortho intramolecular Hbond substituents is 1. The van der Waals surface area contributed by atoms with E-state index in [9.17, 15) is 20.6 Å². The van der Waals surface area contributed by atoms with Gasteiger partial charge in [0.1, 0.15) is 5.75 Å². The number of thiophene rings is 1. The zero-order chi connectivity index (χ0) is 19.7. The molecule has 1 aromatic heterocycles. The molecule has 1 aliphatic heterocycles. The minimum Gasteiger partial charge on any atom is -0.508 e. The third-order valence-corrected chi connectivity index (χ3v) is 6.26. The largest absolute Gasteiger partial charge is 0.508 e. The molecule has 2 aromatic carbocycles. The SMILES string of the molecule is N#Cc1cc(O)c(C2CC(O)CC(CO)O2)cc1Cc1cc2ccccc2s1. The van der Waals surface area contributed by atoms with Gasteiger partial charge in [0.15, 0.2) is 0 Å². The highest BCUT2D eigenvalue weighted by atomic mass is 32.1. The number of fused-ring (bicyclic) bond motifs is 1. The molecular formula is C22H21NO4S. The molecule has 3 N–H and O–H groups in total. The number of rotatable bonds is 4. The van der Waals surface area contributed by atoms with E-state index in [1.54, 1.807) is 17.4 Å². The summed E-state index contributed by atoms with van der Waals surface area (Å²) in [6.45, 7) is -0.181. The van der Waals surface area contributed by atoms with Gasteiger partial charge in [-0.15, -0.1) is 11.3 Å². The molecule has 0 bridgehead atoms. The summed E-state index contributed by atoms with van der Waals surface area (Å²) in [5, 5.41) is 40.6. The number of aliphatic hydroxyl groups excluding tert-OH is 2. The highest BCUT2D eigenvalue weighted by Crippen LogP contribution is 2.38. The van der Waals surface area contributed by atoms with E-state index in [0.717, 1.165) is 10.4 Å². The maximum Gasteiger partial charge on any atom is 0.122 e. The van der Waals surface area contributed by atoms with E-state index in [-0.39, 0.29) is 12.4 Å². The van der Waals surface area contributed by atoms with E-state index < -0.39 is 18.3 Å². The van der Waals surface area contributed by atoms with Crippen LogP contribution in [0.3, 0.4) is 0 Å². The number of phenols is 1. The molecule has 144 valence electrons. The first-order chi connectivity index (χ1) is 13.6. The van der Waals surface area contributed by atoms with Crippen molar-refractivity contribution in [3.05, 3.63) is 64.0 Å². The Morgan fingerprint density at radius 3 is 2.75 bits per heavy atom. The van der Waals surface area contributed by atoms with Gasteiger partial charge in [0.05, 0.1) is 36.6 Å². The van der Waals surface area contributed by atoms with Crippen molar-refractivity contribution < 1.29 is 20.1 Å². The van der Waals surface area contributed by atoms with Gasteiger partial charge < -0.3 is 20.1 Å². The van der Waals surface area contributed by atoms with E-state index in [1.165, 1.54) is 16.2 Å². The highest BCUT2D eigenvalue weighted by molar-refractivity contribution is 7.19. The quantitative estimate of drug-likeness (QED) is 0.627. The molecular weight excluding hydrogens is 374 g/mol. The van der Waals surface area contributed by atoms with Gasteiger partial charge in [0, 0.05) is 34.4 Å². The molecule has 4 rings (SSSR count). The van der Waals surface area contributed by atoms with Crippen molar-refractivity contribution in [1.29, 1.82) is 5.26 Å². The van der Waals surface area contributed by atoms with Gasteiger partial charge in [0.2, 0.25) is 0 Å². The number of nitriles is 1. The lowest BCUT2D eigenvalue weighted by Crippen LogP contribution is -2.33. The van der Waals surface area contributed by atoms with E-state index >= 15 is 0 Å². The second-order valence-corrected chi connectivity index (χ2v) is 8.33. The van der Waals surface area contributed by atoms with E-state index in [0.29, 0.717) is 30.4 Å². The fraction of sp³-hybridized carbons (Fsp3) is 0.318. The van der Waals surface area contributed by atoms with Crippen LogP contribution in [-0.4, -0.2) is 34.1 Å². The molecule has 3 unspecified atom stereocenters. The fourth-order valence-corrected chi connectivity index (χ4v) is 4.87. The van der Waals surface area contributed by atoms with Crippen LogP contribution < -0.4 is 0 Å². The zero-order valence-corrected chi connectivity index (χ0v) is 16.0. The molecule has 1 fully saturated rings. The van der Waals surface area contributed by atoms with Gasteiger partial charge >= 0.3 is 0 Å². The Hall–Kier alpha value is -2.43. The Balaban J connectivity index is 1.68. The molecule has 6 heteroatoms. The molecule has 2 heterocycles. The maximum absolute atomic E-state index is 10.5. The summed E-state index contributed by atoms with van der Waals surface area (Å²) in [7, 11) is 0. The normalized spacial score (nSPS) is 22.2. The summed E-state index contributed by atoms with van der Waals surface area (Å²) < 4.78 is 7.04. The molecule has 5 nitrogen and oxygen atoms in total. The highest BCUT2D eigenvalue weighted by Gasteiger charge is 2.31. The number of nitrogens with zero attached hydrogens (tertiary/aromatic N) is 1. The molecule has 28 heavy (non-hydrogen) atoms. The molecule has 0 aliphatic carbocycles. The summed E-state index contributed by atoms with van der Waals surface area (Å²) in [5.74, 6) is -0.0209. The molecule has 3 atom stereocenters. The third kappa shape index (κ3) is 3.75. The van der Waals surface area contributed by atoms with Crippen molar-refractivity contribution in [2.24, 2.45) is 0 Å². The van der Waals surface area contributed by atoms with Crippen molar-refractivity contribution in [2.75, 3.05) is 6.61 Å². The molecule has 1 saturated heterocycles. The standard InChI is InChI=1S/C22H21NO4S/c23-11-15-8-20(26)19(21-10-16(25)9-17(12-24)27-21)7-14(15)6-18-5-13-3-1-2-4-22(13)28-18/h1-5,7-8,16-17,21,24-26H,6,9-10,12H2. The van der Waals surface area contributed by atoms with Crippen LogP contribution in [0.5, 0.6) is 5.75 Å². The van der Waals surface area contributed by atoms with Gasteiger partial charge in [-0.05, 0) is 35.2 Å². The minimum absolute atomic E-state index is 0.0209. The van der Waals surface area contributed by atoms with Crippen LogP contribution in [-0.2, 0) is 11.2 Å². The lowest BCUT2D eigenvalue weighted by atomic mass is 9.92. The number of aliphatic hydroxyl groups is 2. The van der Waals surface area contributed by atoms with Gasteiger partial charge in [-0.25, -0.2) is 0 Å². The number of aromatic hydroxyl groups is 1. The zero-order valence-electron chi connectivity index (χ0n) is 15.2. The summed E-state index contributed by atoms with van der Waals surface area (Å²) >= 11 is 1.69. The summed E-state index contributed by atoms with van der Waals surface area (Å²) in [6.07, 6.45) is -0.285. The van der Waals surface area contributed by atoms with Crippen LogP contribution in [0, 0.1) is 11.3 Å². The van der Waals surface area contributed by atoms with Crippen LogP contribution in [0.25, 0.3) is 10.1 Å². The van der Waals surface area contributed by atoms with Gasteiger partial charge in [0.25, 0.3) is 0 Å². The monoisotopic (exact) mass is 395 g/mol. The Bertz CT molecular complexity index is 1010. The van der Waals surface area contributed by atoms with Crippen molar-refractivity contribution in [3.63, 3.8) is 0 Å². The Kier molecular flexibility index (Phi) is 5.33. The second-order valence-electron chi connectivity index (χ2n) is 7.16. The van der Waals surface area contributed by atoms with Crippen LogP contribution in [0.15, 0.2) is 42.5 Å². The average Bonchev–Trinajstić information content (AvgIpc) is 3.10. The summed E-state index contributed by atoms with van der Waals surface area (Å²) in [4.78, 5) is 1.13. The maximum atomic E-state index is 10.5. The molecule has 0 spiro atoms. The van der Waals surface area contributed by atoms with Crippen molar-refractivity contribution in [1.82, 2.24) is 0 Å². The molecule has 0 radical (unpaired) electrons. The van der Waals surface area contributed by atoms with E-state index in [1.807, 2.05) is 12.1 Å². The second kappa shape index (κ2) is 7.90. The number of ether oxygens (including phenoxy) is 1. The number of benzene rings is 2. The van der Waals surface area contributed by atoms with Crippen molar-refractivity contribution >= 4 is 21.4 Å². The van der Waals surface area contributed by atoms with Crippen LogP contribution >= 0.6 is 11.3 Å². The van der Waals surface area contributed by atoms with Crippen LogP contribution in [0.1, 0.15) is 40.5 Å². The number of hydrogen-bond donors (Lipinski definition) is 3. The molecule has 0 amide bonds. The molecule has 3 aromatic rings. The average molecular weight is 395 g/mol. The molecule has 1 aliphatic rings. The summed E-state index contributed by atoms with van der Waals surface area (Å²) in [5.41, 5.74) is 1.78. The molecule has 0 saturated carbocycles. The minimum atomic E-state index is -0.600. The van der Waals surface area contributed by atoms with E-state index in [4.69, 9.17) is 4.74 Å². The Morgan fingerprint density at radius 2 is 2.00 bits per heavy atom. The smallest absolute Gasteiger partial charge is 0.122 e. The third-order valence-electron chi connectivity index (χ3n) is 5.14. The van der Waals surface area contributed by atoms with Gasteiger partial charge in [-0.3, -0.25) is 0 Å². The van der Waals surface area contributed by atoms with Gasteiger partial charge in [-0.1, -0.05) is 18.2 Å². The first-order valence-electron chi connectivity index (χ1n) is 9.25. The lowest BCUT2D eigenvalue weighted by molar-refractivity contribution is -0.114. The first kappa shape index (κ1) is 18.9. The van der Waals surface area contributed by atoms with Crippen molar-refractivity contribution in [2.45, 2.75) is 37.6 Å². The van der Waals surface area contributed by atoms with Gasteiger partial charge in [-0.2, -0.15) is 5.26 Å². The van der Waals surface area contributed by atoms with Crippen molar-refractivity contribution in [3.8, 4) is 11.8 Å². The van der Waals surface area contributed by atoms with Crippen LogP contribution in [0.4, 0.5) is 0 Å². The fourth-order valence-electron chi connectivity index (χ4n) is 3.78. The Morgan fingerprint density at radius 1 is 1.18 bits per heavy atom. The first-order valence-corrected chi connectivity index (χ1v) is 10.1.